The third-order valence-electron chi connectivity index (χ3n) is 3.65. The van der Waals surface area contributed by atoms with Crippen LogP contribution in [0.15, 0.2) is 29.2 Å². The second-order valence-corrected chi connectivity index (χ2v) is 6.02. The summed E-state index contributed by atoms with van der Waals surface area (Å²) in [5.41, 5.74) is 2.18. The van der Waals surface area contributed by atoms with Crippen LogP contribution in [0.1, 0.15) is 18.4 Å². The number of rotatable bonds is 2. The summed E-state index contributed by atoms with van der Waals surface area (Å²) in [5.74, 6) is -0.219. The Morgan fingerprint density at radius 3 is 2.30 bits per heavy atom. The lowest BCUT2D eigenvalue weighted by Gasteiger charge is -2.17. The Labute approximate surface area is 122 Å². The fourth-order valence-electron chi connectivity index (χ4n) is 2.45. The van der Waals surface area contributed by atoms with E-state index < -0.39 is 0 Å². The molecule has 0 radical (unpaired) electrons. The Morgan fingerprint density at radius 1 is 1.10 bits per heavy atom. The van der Waals surface area contributed by atoms with Gasteiger partial charge in [-0.15, -0.1) is 0 Å². The van der Waals surface area contributed by atoms with Crippen molar-refractivity contribution in [2.75, 3.05) is 25.0 Å². The number of carbonyl (C=O) groups excluding carboxylic acids is 2. The Balaban J connectivity index is 1.78. The van der Waals surface area contributed by atoms with Gasteiger partial charge in [0.25, 0.3) is 11.1 Å². The average molecular weight is 288 g/mol. The molecular weight excluding hydrogens is 272 g/mol. The van der Waals surface area contributed by atoms with Gasteiger partial charge >= 0.3 is 0 Å². The number of likely N-dealkylation sites (N-methyl/N-ethyl adjacent to an activating group) is 1. The van der Waals surface area contributed by atoms with Crippen molar-refractivity contribution in [3.63, 3.8) is 0 Å². The van der Waals surface area contributed by atoms with Gasteiger partial charge in [-0.05, 0) is 48.4 Å². The van der Waals surface area contributed by atoms with E-state index in [9.17, 15) is 9.59 Å². The highest BCUT2D eigenvalue weighted by atomic mass is 32.2. The fourth-order valence-corrected chi connectivity index (χ4v) is 3.28. The maximum atomic E-state index is 11.8. The highest BCUT2D eigenvalue weighted by Crippen LogP contribution is 2.31. The Morgan fingerprint density at radius 2 is 1.75 bits per heavy atom. The van der Waals surface area contributed by atoms with E-state index >= 15 is 0 Å². The number of thioether (sulfide) groups is 1. The van der Waals surface area contributed by atoms with Crippen LogP contribution in [0.4, 0.5) is 10.5 Å². The first-order chi connectivity index (χ1) is 9.65. The second kappa shape index (κ2) is 5.32. The zero-order valence-electron chi connectivity index (χ0n) is 11.3. The third kappa shape index (κ3) is 2.45. The van der Waals surface area contributed by atoms with Crippen molar-refractivity contribution in [2.24, 2.45) is 0 Å². The Kier molecular flexibility index (Phi) is 3.53. The molecule has 0 aliphatic carbocycles. The molecule has 2 amide bonds. The van der Waals surface area contributed by atoms with Crippen molar-refractivity contribution in [3.8, 4) is 0 Å². The second-order valence-electron chi connectivity index (χ2n) is 5.03. The molecule has 2 saturated heterocycles. The van der Waals surface area contributed by atoms with Crippen molar-refractivity contribution in [1.82, 2.24) is 4.90 Å². The number of nitrogens with zero attached hydrogens (tertiary/aromatic N) is 2. The Bertz CT molecular complexity index is 574. The van der Waals surface area contributed by atoms with Crippen LogP contribution in [0.2, 0.25) is 0 Å². The summed E-state index contributed by atoms with van der Waals surface area (Å²) >= 11 is 0.994. The van der Waals surface area contributed by atoms with E-state index in [4.69, 9.17) is 0 Å². The van der Waals surface area contributed by atoms with Gasteiger partial charge in [-0.1, -0.05) is 12.1 Å². The molecule has 4 nitrogen and oxygen atoms in total. The first-order valence-electron chi connectivity index (χ1n) is 6.72. The number of amides is 2. The standard InChI is InChI=1S/C15H16N2O2S/c1-16-14(18)13(20-15(16)19)10-11-4-6-12(7-5-11)17-8-2-3-9-17/h4-7,10H,2-3,8-9H2,1H3/b13-10+. The predicted molar refractivity (Wildman–Crippen MR) is 81.6 cm³/mol. The van der Waals surface area contributed by atoms with Crippen LogP contribution in [-0.4, -0.2) is 36.2 Å². The van der Waals surface area contributed by atoms with Crippen molar-refractivity contribution in [3.05, 3.63) is 34.7 Å². The van der Waals surface area contributed by atoms with Crippen LogP contribution >= 0.6 is 11.8 Å². The van der Waals surface area contributed by atoms with E-state index in [0.29, 0.717) is 4.91 Å². The minimum Gasteiger partial charge on any atom is -0.372 e. The number of hydrogen-bond acceptors (Lipinski definition) is 4. The first kappa shape index (κ1) is 13.2. The molecule has 104 valence electrons. The highest BCUT2D eigenvalue weighted by Gasteiger charge is 2.31. The average Bonchev–Trinajstić information content (AvgIpc) is 3.06. The molecular formula is C15H16N2O2S. The molecule has 2 aliphatic heterocycles. The molecule has 0 aromatic heterocycles. The summed E-state index contributed by atoms with van der Waals surface area (Å²) in [5, 5.41) is -0.213. The predicted octanol–water partition coefficient (Wildman–Crippen LogP) is 2.95. The van der Waals surface area contributed by atoms with Gasteiger partial charge in [0.2, 0.25) is 0 Å². The zero-order chi connectivity index (χ0) is 14.1. The SMILES string of the molecule is CN1C(=O)S/C(=C/c2ccc(N3CCCC3)cc2)C1=O. The molecule has 5 heteroatoms. The molecule has 20 heavy (non-hydrogen) atoms. The number of hydrogen-bond donors (Lipinski definition) is 0. The fraction of sp³-hybridized carbons (Fsp3) is 0.333. The van der Waals surface area contributed by atoms with Crippen LogP contribution in [0, 0.1) is 0 Å². The maximum absolute atomic E-state index is 11.8. The summed E-state index contributed by atoms with van der Waals surface area (Å²) < 4.78 is 0. The maximum Gasteiger partial charge on any atom is 0.293 e. The van der Waals surface area contributed by atoms with Crippen molar-refractivity contribution < 1.29 is 9.59 Å². The van der Waals surface area contributed by atoms with E-state index in [2.05, 4.69) is 17.0 Å². The molecule has 0 unspecified atom stereocenters. The van der Waals surface area contributed by atoms with Gasteiger partial charge in [0.15, 0.2) is 0 Å². The molecule has 0 N–H and O–H groups in total. The van der Waals surface area contributed by atoms with Crippen LogP contribution in [-0.2, 0) is 4.79 Å². The van der Waals surface area contributed by atoms with Gasteiger partial charge in [-0.2, -0.15) is 0 Å². The lowest BCUT2D eigenvalue weighted by Crippen LogP contribution is -2.22. The molecule has 2 aliphatic rings. The Hall–Kier alpha value is -1.75. The zero-order valence-corrected chi connectivity index (χ0v) is 12.2. The molecule has 0 bridgehead atoms. The van der Waals surface area contributed by atoms with E-state index in [1.54, 1.807) is 6.08 Å². The van der Waals surface area contributed by atoms with Gasteiger partial charge in [0, 0.05) is 25.8 Å². The van der Waals surface area contributed by atoms with Crippen molar-refractivity contribution in [1.29, 1.82) is 0 Å². The van der Waals surface area contributed by atoms with E-state index in [1.807, 2.05) is 12.1 Å². The summed E-state index contributed by atoms with van der Waals surface area (Å²) in [4.78, 5) is 27.2. The van der Waals surface area contributed by atoms with Gasteiger partial charge in [-0.25, -0.2) is 0 Å². The number of anilines is 1. The van der Waals surface area contributed by atoms with E-state index in [1.165, 1.54) is 25.6 Å². The topological polar surface area (TPSA) is 40.6 Å². The quantitative estimate of drug-likeness (QED) is 0.785. The first-order valence-corrected chi connectivity index (χ1v) is 7.53. The summed E-state index contributed by atoms with van der Waals surface area (Å²) in [6.07, 6.45) is 4.29. The smallest absolute Gasteiger partial charge is 0.293 e. The minimum atomic E-state index is -0.219. The van der Waals surface area contributed by atoms with Crippen LogP contribution < -0.4 is 4.90 Å². The molecule has 1 aromatic rings. The molecule has 0 saturated carbocycles. The molecule has 3 rings (SSSR count). The molecule has 0 atom stereocenters. The lowest BCUT2D eigenvalue weighted by atomic mass is 10.2. The third-order valence-corrected chi connectivity index (χ3v) is 4.61. The summed E-state index contributed by atoms with van der Waals surface area (Å²) in [7, 11) is 1.51. The van der Waals surface area contributed by atoms with Crippen LogP contribution in [0.3, 0.4) is 0 Å². The van der Waals surface area contributed by atoms with E-state index in [-0.39, 0.29) is 11.1 Å². The van der Waals surface area contributed by atoms with Gasteiger partial charge in [0.05, 0.1) is 4.91 Å². The molecule has 2 fully saturated rings. The monoisotopic (exact) mass is 288 g/mol. The van der Waals surface area contributed by atoms with Gasteiger partial charge in [-0.3, -0.25) is 14.5 Å². The molecule has 0 spiro atoms. The summed E-state index contributed by atoms with van der Waals surface area (Å²) in [6, 6.07) is 8.15. The minimum absolute atomic E-state index is 0.213. The molecule has 1 aromatic carbocycles. The van der Waals surface area contributed by atoms with Crippen molar-refractivity contribution in [2.45, 2.75) is 12.8 Å². The highest BCUT2D eigenvalue weighted by molar-refractivity contribution is 8.18. The van der Waals surface area contributed by atoms with Gasteiger partial charge in [0.1, 0.15) is 0 Å². The number of imide groups is 1. The van der Waals surface area contributed by atoms with Crippen LogP contribution in [0.25, 0.3) is 6.08 Å². The summed E-state index contributed by atoms with van der Waals surface area (Å²) in [6.45, 7) is 2.24. The van der Waals surface area contributed by atoms with E-state index in [0.717, 1.165) is 35.3 Å². The molecule has 2 heterocycles. The van der Waals surface area contributed by atoms with Crippen molar-refractivity contribution >= 4 is 34.7 Å². The van der Waals surface area contributed by atoms with Crippen LogP contribution in [0.5, 0.6) is 0 Å². The van der Waals surface area contributed by atoms with Gasteiger partial charge < -0.3 is 4.90 Å². The normalized spacial score (nSPS) is 21.4. The largest absolute Gasteiger partial charge is 0.372 e. The lowest BCUT2D eigenvalue weighted by molar-refractivity contribution is -0.121. The number of carbonyl (C=O) groups is 2. The number of benzene rings is 1.